The van der Waals surface area contributed by atoms with Gasteiger partial charge in [0, 0.05) is 16.0 Å². The molecule has 0 radical (unpaired) electrons. The van der Waals surface area contributed by atoms with Crippen molar-refractivity contribution in [3.8, 4) is 33.8 Å². The Balaban J connectivity index is 1.70. The van der Waals surface area contributed by atoms with Gasteiger partial charge in [-0.3, -0.25) is 0 Å². The molecule has 3 aromatic rings. The second-order valence-corrected chi connectivity index (χ2v) is 14.6. The van der Waals surface area contributed by atoms with Crippen LogP contribution < -0.4 is 8.37 Å². The molecule has 15 heteroatoms. The molecule has 0 saturated heterocycles. The Morgan fingerprint density at radius 1 is 0.558 bits per heavy atom. The van der Waals surface area contributed by atoms with E-state index in [-0.39, 0.29) is 41.6 Å². The fourth-order valence-electron chi connectivity index (χ4n) is 6.77. The number of alkyl halides is 6. The molecule has 0 saturated carbocycles. The summed E-state index contributed by atoms with van der Waals surface area (Å²) >= 11 is 3.54. The zero-order valence-electron chi connectivity index (χ0n) is 29.0. The Hall–Kier alpha value is -2.14. The third kappa shape index (κ3) is 13.0. The van der Waals surface area contributed by atoms with Gasteiger partial charge in [-0.25, -0.2) is 0 Å². The number of hydrogen-bond donors (Lipinski definition) is 0. The fourth-order valence-corrected chi connectivity index (χ4v) is 7.75. The Kier molecular flexibility index (Phi) is 16.8. The van der Waals surface area contributed by atoms with Gasteiger partial charge in [0.15, 0.2) is 0 Å². The SMILES string of the molecule is CCCCCCCCC1(CCCCCCCC)c2cc(Br)ccc2-c2ccc(-c3cc(OSOOC(F)(F)F)cc(OSOOC(F)(F)F)c3)cc21. The molecule has 0 atom stereocenters. The molecule has 3 aromatic carbocycles. The molecule has 0 unspecified atom stereocenters. The predicted octanol–water partition coefficient (Wildman–Crippen LogP) is 14.7. The molecule has 1 aliphatic rings. The number of hydrogen-bond acceptors (Lipinski definition) is 8. The van der Waals surface area contributed by atoms with Crippen LogP contribution in [0.2, 0.25) is 0 Å². The van der Waals surface area contributed by atoms with Gasteiger partial charge in [0.1, 0.15) is 11.5 Å². The third-order valence-electron chi connectivity index (χ3n) is 9.02. The topological polar surface area (TPSA) is 55.4 Å². The molecule has 0 bridgehead atoms. The van der Waals surface area contributed by atoms with Crippen LogP contribution in [0.5, 0.6) is 11.5 Å². The lowest BCUT2D eigenvalue weighted by molar-refractivity contribution is -0.441. The smallest absolute Gasteiger partial charge is 0.399 e. The van der Waals surface area contributed by atoms with Gasteiger partial charge in [0.05, 0.1) is 0 Å². The van der Waals surface area contributed by atoms with Crippen molar-refractivity contribution >= 4 is 40.6 Å². The van der Waals surface area contributed by atoms with Crippen LogP contribution >= 0.6 is 40.6 Å². The first-order valence-electron chi connectivity index (χ1n) is 17.5. The minimum atomic E-state index is -5.06. The number of halogens is 7. The van der Waals surface area contributed by atoms with E-state index in [0.717, 1.165) is 54.1 Å². The Bertz CT molecular complexity index is 1500. The van der Waals surface area contributed by atoms with Gasteiger partial charge in [-0.2, -0.15) is 0 Å². The molecule has 52 heavy (non-hydrogen) atoms. The largest absolute Gasteiger partial charge is 0.550 e. The minimum absolute atomic E-state index is 0.0289. The first kappa shape index (κ1) is 42.6. The van der Waals surface area contributed by atoms with Crippen LogP contribution in [0.3, 0.4) is 0 Å². The summed E-state index contributed by atoms with van der Waals surface area (Å²) in [5.74, 6) is -0.0579. The highest BCUT2D eigenvalue weighted by atomic mass is 79.9. The average molecular weight is 842 g/mol. The molecule has 288 valence electrons. The summed E-state index contributed by atoms with van der Waals surface area (Å²) in [5.41, 5.74) is 5.79. The summed E-state index contributed by atoms with van der Waals surface area (Å²) in [6.07, 6.45) is 5.78. The van der Waals surface area contributed by atoms with E-state index in [0.29, 0.717) is 5.56 Å². The highest BCUT2D eigenvalue weighted by Gasteiger charge is 2.42. The summed E-state index contributed by atoms with van der Waals surface area (Å²) in [6, 6.07) is 16.9. The normalized spacial score (nSPS) is 13.6. The molecule has 0 fully saturated rings. The molecular weight excluding hydrogens is 798 g/mol. The van der Waals surface area contributed by atoms with E-state index in [1.807, 2.05) is 6.07 Å². The maximum atomic E-state index is 12.4. The average Bonchev–Trinajstić information content (AvgIpc) is 3.35. The van der Waals surface area contributed by atoms with Crippen LogP contribution in [0.1, 0.15) is 115 Å². The second kappa shape index (κ2) is 20.5. The molecule has 0 aliphatic heterocycles. The standard InChI is InChI=1S/C37H43BrF6O6S2/c1-3-5-7-9-11-13-19-35(20-14-12-10-8-6-4-2)33-23-26(15-17-31(33)32-18-16-28(38)24-34(32)35)27-21-29(45-51-49-47-36(39,40)41)25-30(22-27)46-52-50-48-37(42,43)44/h15-18,21-25H,3-14,19-20H2,1-2H3. The van der Waals surface area contributed by atoms with Gasteiger partial charge >= 0.3 is 12.7 Å². The monoisotopic (exact) mass is 840 g/mol. The summed E-state index contributed by atoms with van der Waals surface area (Å²) < 4.78 is 94.2. The van der Waals surface area contributed by atoms with E-state index in [9.17, 15) is 26.3 Å². The lowest BCUT2D eigenvalue weighted by Gasteiger charge is -2.33. The number of rotatable bonds is 23. The first-order chi connectivity index (χ1) is 24.8. The van der Waals surface area contributed by atoms with Crippen LogP contribution in [0.15, 0.2) is 59.1 Å². The van der Waals surface area contributed by atoms with Crippen molar-refractivity contribution in [2.24, 2.45) is 0 Å². The molecule has 0 N–H and O–H groups in total. The van der Waals surface area contributed by atoms with E-state index in [2.05, 4.69) is 78.6 Å². The van der Waals surface area contributed by atoms with E-state index in [1.165, 1.54) is 74.1 Å². The molecule has 6 nitrogen and oxygen atoms in total. The maximum absolute atomic E-state index is 12.4. The fraction of sp³-hybridized carbons (Fsp3) is 0.514. The molecule has 0 aromatic heterocycles. The molecule has 0 spiro atoms. The van der Waals surface area contributed by atoms with E-state index in [1.54, 1.807) is 12.1 Å². The Morgan fingerprint density at radius 2 is 1.02 bits per heavy atom. The summed E-state index contributed by atoms with van der Waals surface area (Å²) in [6.45, 7) is 4.41. The predicted molar refractivity (Wildman–Crippen MR) is 195 cm³/mol. The van der Waals surface area contributed by atoms with Gasteiger partial charge in [-0.1, -0.05) is 125 Å². The van der Waals surface area contributed by atoms with Crippen molar-refractivity contribution in [1.82, 2.24) is 0 Å². The summed E-state index contributed by atoms with van der Waals surface area (Å²) in [7, 11) is 0. The van der Waals surface area contributed by atoms with Crippen molar-refractivity contribution in [3.63, 3.8) is 0 Å². The van der Waals surface area contributed by atoms with Crippen molar-refractivity contribution in [2.75, 3.05) is 0 Å². The molecule has 0 heterocycles. The van der Waals surface area contributed by atoms with Crippen molar-refractivity contribution < 1.29 is 53.2 Å². The zero-order chi connectivity index (χ0) is 37.6. The molecular formula is C37H43BrF6O6S2. The number of benzene rings is 3. The van der Waals surface area contributed by atoms with Gasteiger partial charge in [0.25, 0.3) is 24.6 Å². The zero-order valence-corrected chi connectivity index (χ0v) is 32.2. The molecule has 4 rings (SSSR count). The summed E-state index contributed by atoms with van der Waals surface area (Å²) in [5, 5.41) is 0. The Morgan fingerprint density at radius 3 is 1.52 bits per heavy atom. The quantitative estimate of drug-likeness (QED) is 0.0308. The van der Waals surface area contributed by atoms with Crippen molar-refractivity contribution in [3.05, 3.63) is 70.2 Å². The first-order valence-corrected chi connectivity index (χ1v) is 19.6. The van der Waals surface area contributed by atoms with Gasteiger partial charge in [-0.05, 0) is 76.6 Å². The van der Waals surface area contributed by atoms with E-state index < -0.39 is 12.7 Å². The summed E-state index contributed by atoms with van der Waals surface area (Å²) in [4.78, 5) is 6.59. The lowest BCUT2D eigenvalue weighted by Crippen LogP contribution is -2.25. The third-order valence-corrected chi connectivity index (χ3v) is 10.3. The highest BCUT2D eigenvalue weighted by Crippen LogP contribution is 2.55. The van der Waals surface area contributed by atoms with Crippen molar-refractivity contribution in [2.45, 2.75) is 122 Å². The van der Waals surface area contributed by atoms with E-state index in [4.69, 9.17) is 8.37 Å². The van der Waals surface area contributed by atoms with Crippen LogP contribution in [0.25, 0.3) is 22.3 Å². The van der Waals surface area contributed by atoms with Crippen LogP contribution in [-0.4, -0.2) is 12.7 Å². The van der Waals surface area contributed by atoms with Crippen molar-refractivity contribution in [1.29, 1.82) is 0 Å². The van der Waals surface area contributed by atoms with Gasteiger partial charge in [-0.15, -0.1) is 44.8 Å². The van der Waals surface area contributed by atoms with Crippen LogP contribution in [0, 0.1) is 0 Å². The van der Waals surface area contributed by atoms with Gasteiger partial charge < -0.3 is 8.37 Å². The van der Waals surface area contributed by atoms with Gasteiger partial charge in [0.2, 0.25) is 0 Å². The van der Waals surface area contributed by atoms with E-state index >= 15 is 0 Å². The van der Waals surface area contributed by atoms with Crippen LogP contribution in [0.4, 0.5) is 26.3 Å². The maximum Gasteiger partial charge on any atom is 0.550 e. The Labute approximate surface area is 318 Å². The number of unbranched alkanes of at least 4 members (excludes halogenated alkanes) is 10. The number of fused-ring (bicyclic) bond motifs is 3. The second-order valence-electron chi connectivity index (χ2n) is 12.8. The van der Waals surface area contributed by atoms with Crippen LogP contribution in [-0.2, 0) is 23.9 Å². The molecule has 1 aliphatic carbocycles. The molecule has 0 amide bonds. The lowest BCUT2D eigenvalue weighted by atomic mass is 9.70. The highest BCUT2D eigenvalue weighted by molar-refractivity contribution is 9.10. The minimum Gasteiger partial charge on any atom is -0.399 e.